The predicted octanol–water partition coefficient (Wildman–Crippen LogP) is 3.18. The summed E-state index contributed by atoms with van der Waals surface area (Å²) in [4.78, 5) is 5.66. The average molecular weight is 371 g/mol. The largest absolute Gasteiger partial charge is 0.497 e. The Balaban J connectivity index is 1.52. The van der Waals surface area contributed by atoms with Gasteiger partial charge in [-0.05, 0) is 35.9 Å². The Morgan fingerprint density at radius 3 is 2.48 bits per heavy atom. The van der Waals surface area contributed by atoms with E-state index in [1.165, 1.54) is 0 Å². The molecule has 2 aliphatic heterocycles. The van der Waals surface area contributed by atoms with Crippen LogP contribution in [0.4, 0.5) is 0 Å². The summed E-state index contributed by atoms with van der Waals surface area (Å²) >= 11 is 0. The van der Waals surface area contributed by atoms with Crippen molar-refractivity contribution >= 4 is 5.71 Å². The summed E-state index contributed by atoms with van der Waals surface area (Å²) in [5.41, 5.74) is 2.86. The maximum Gasteiger partial charge on any atom is 0.231 e. The zero-order chi connectivity index (χ0) is 18.8. The summed E-state index contributed by atoms with van der Waals surface area (Å²) in [6.07, 6.45) is 1.21. The number of hydrogen-bond acceptors (Lipinski definition) is 7. The number of ether oxygens (including phenoxy) is 5. The van der Waals surface area contributed by atoms with Crippen molar-refractivity contribution < 1.29 is 28.5 Å². The van der Waals surface area contributed by atoms with Gasteiger partial charge in [-0.1, -0.05) is 5.16 Å². The summed E-state index contributed by atoms with van der Waals surface area (Å²) in [5, 5.41) is 4.26. The summed E-state index contributed by atoms with van der Waals surface area (Å²) in [7, 11) is 4.86. The standard InChI is InChI=1S/C20H21NO6/c1-22-14-6-4-12(5-7-14)16-10-15(27-21-16)8-13-9-17(23-2)19-20(18(13)24-3)26-11-25-19/h4-7,9,15H,8,10-11H2,1-3H3/t15-/m1/s1. The molecule has 7 heteroatoms. The Morgan fingerprint density at radius 2 is 1.78 bits per heavy atom. The van der Waals surface area contributed by atoms with E-state index in [0.29, 0.717) is 35.8 Å². The van der Waals surface area contributed by atoms with Gasteiger partial charge in [0.1, 0.15) is 11.9 Å². The highest BCUT2D eigenvalue weighted by Gasteiger charge is 2.30. The predicted molar refractivity (Wildman–Crippen MR) is 98.4 cm³/mol. The van der Waals surface area contributed by atoms with Crippen molar-refractivity contribution in [2.45, 2.75) is 18.9 Å². The van der Waals surface area contributed by atoms with E-state index in [1.54, 1.807) is 21.3 Å². The lowest BCUT2D eigenvalue weighted by atomic mass is 9.99. The van der Waals surface area contributed by atoms with Crippen LogP contribution in [0.2, 0.25) is 0 Å². The van der Waals surface area contributed by atoms with Crippen molar-refractivity contribution in [1.82, 2.24) is 0 Å². The van der Waals surface area contributed by atoms with Crippen molar-refractivity contribution in [2.75, 3.05) is 28.1 Å². The van der Waals surface area contributed by atoms with E-state index in [0.717, 1.165) is 22.6 Å². The first-order valence-electron chi connectivity index (χ1n) is 8.64. The molecule has 0 saturated heterocycles. The number of fused-ring (bicyclic) bond motifs is 1. The third-order valence-electron chi connectivity index (χ3n) is 4.67. The molecule has 2 heterocycles. The van der Waals surface area contributed by atoms with Crippen LogP contribution in [-0.4, -0.2) is 39.9 Å². The molecule has 0 amide bonds. The Bertz CT molecular complexity index is 862. The molecule has 0 aliphatic carbocycles. The molecular formula is C20H21NO6. The maximum atomic E-state index is 5.66. The van der Waals surface area contributed by atoms with Crippen LogP contribution < -0.4 is 23.7 Å². The van der Waals surface area contributed by atoms with E-state index in [1.807, 2.05) is 30.3 Å². The van der Waals surface area contributed by atoms with E-state index < -0.39 is 0 Å². The molecule has 0 saturated carbocycles. The zero-order valence-electron chi connectivity index (χ0n) is 15.5. The number of rotatable bonds is 6. The van der Waals surface area contributed by atoms with Gasteiger partial charge < -0.3 is 28.5 Å². The average Bonchev–Trinajstić information content (AvgIpc) is 3.37. The Kier molecular flexibility index (Phi) is 4.66. The molecule has 0 fully saturated rings. The van der Waals surface area contributed by atoms with E-state index in [9.17, 15) is 0 Å². The molecule has 7 nitrogen and oxygen atoms in total. The summed E-state index contributed by atoms with van der Waals surface area (Å²) in [5.74, 6) is 3.21. The summed E-state index contributed by atoms with van der Waals surface area (Å²) in [6, 6.07) is 9.69. The third kappa shape index (κ3) is 3.20. The molecule has 0 spiro atoms. The lowest BCUT2D eigenvalue weighted by molar-refractivity contribution is 0.0853. The molecule has 2 aromatic rings. The van der Waals surface area contributed by atoms with Crippen molar-refractivity contribution in [3.05, 3.63) is 41.5 Å². The first-order chi connectivity index (χ1) is 13.2. The van der Waals surface area contributed by atoms with Crippen LogP contribution in [0, 0.1) is 0 Å². The molecule has 0 bridgehead atoms. The van der Waals surface area contributed by atoms with Crippen molar-refractivity contribution in [1.29, 1.82) is 0 Å². The lowest BCUT2D eigenvalue weighted by Crippen LogP contribution is -2.13. The van der Waals surface area contributed by atoms with Gasteiger partial charge in [-0.2, -0.15) is 0 Å². The number of methoxy groups -OCH3 is 3. The number of nitrogens with zero attached hydrogens (tertiary/aromatic N) is 1. The smallest absolute Gasteiger partial charge is 0.231 e. The second-order valence-electron chi connectivity index (χ2n) is 6.24. The van der Waals surface area contributed by atoms with Gasteiger partial charge in [-0.3, -0.25) is 0 Å². The van der Waals surface area contributed by atoms with Gasteiger partial charge in [-0.15, -0.1) is 0 Å². The minimum absolute atomic E-state index is 0.0962. The fourth-order valence-electron chi connectivity index (χ4n) is 3.33. The quantitative estimate of drug-likeness (QED) is 0.777. The summed E-state index contributed by atoms with van der Waals surface area (Å²) < 4.78 is 27.3. The fourth-order valence-corrected chi connectivity index (χ4v) is 3.33. The molecule has 1 atom stereocenters. The molecule has 0 radical (unpaired) electrons. The summed E-state index contributed by atoms with van der Waals surface area (Å²) in [6.45, 7) is 0.149. The Morgan fingerprint density at radius 1 is 1.00 bits per heavy atom. The van der Waals surface area contributed by atoms with E-state index in [-0.39, 0.29) is 12.9 Å². The second-order valence-corrected chi connectivity index (χ2v) is 6.24. The van der Waals surface area contributed by atoms with Crippen LogP contribution >= 0.6 is 0 Å². The Labute approximate surface area is 157 Å². The maximum absolute atomic E-state index is 5.66. The van der Waals surface area contributed by atoms with Gasteiger partial charge in [-0.25, -0.2) is 0 Å². The van der Waals surface area contributed by atoms with Crippen LogP contribution in [0.1, 0.15) is 17.5 Å². The molecular weight excluding hydrogens is 350 g/mol. The number of benzene rings is 2. The van der Waals surface area contributed by atoms with Crippen LogP contribution in [0.5, 0.6) is 28.7 Å². The van der Waals surface area contributed by atoms with E-state index in [4.69, 9.17) is 28.5 Å². The molecule has 4 rings (SSSR count). The monoisotopic (exact) mass is 371 g/mol. The van der Waals surface area contributed by atoms with Gasteiger partial charge in [0.05, 0.1) is 27.0 Å². The Hall–Kier alpha value is -3.09. The van der Waals surface area contributed by atoms with Crippen LogP contribution in [0.15, 0.2) is 35.5 Å². The van der Waals surface area contributed by atoms with Gasteiger partial charge in [0.25, 0.3) is 0 Å². The highest BCUT2D eigenvalue weighted by molar-refractivity contribution is 6.01. The number of hydrogen-bond donors (Lipinski definition) is 0. The molecule has 27 heavy (non-hydrogen) atoms. The molecule has 142 valence electrons. The normalized spacial score (nSPS) is 17.3. The van der Waals surface area contributed by atoms with Crippen molar-refractivity contribution in [3.63, 3.8) is 0 Å². The molecule has 2 aliphatic rings. The molecule has 2 aromatic carbocycles. The van der Waals surface area contributed by atoms with Gasteiger partial charge in [0.15, 0.2) is 11.5 Å². The number of oxime groups is 1. The molecule has 0 aromatic heterocycles. The van der Waals surface area contributed by atoms with Gasteiger partial charge in [0, 0.05) is 18.4 Å². The SMILES string of the molecule is COc1ccc(C2=NO[C@H](Cc3cc(OC)c4c(c3OC)OCO4)C2)cc1. The highest BCUT2D eigenvalue weighted by atomic mass is 16.7. The fraction of sp³-hybridized carbons (Fsp3) is 0.350. The van der Waals surface area contributed by atoms with Crippen molar-refractivity contribution in [3.8, 4) is 28.7 Å². The third-order valence-corrected chi connectivity index (χ3v) is 4.67. The molecule has 0 N–H and O–H groups in total. The highest BCUT2D eigenvalue weighted by Crippen LogP contribution is 2.50. The van der Waals surface area contributed by atoms with E-state index in [2.05, 4.69) is 5.16 Å². The first-order valence-corrected chi connectivity index (χ1v) is 8.64. The molecule has 0 unspecified atom stereocenters. The van der Waals surface area contributed by atoms with Gasteiger partial charge in [0.2, 0.25) is 18.3 Å². The van der Waals surface area contributed by atoms with Gasteiger partial charge >= 0.3 is 0 Å². The minimum atomic E-state index is -0.0962. The first kappa shape index (κ1) is 17.3. The van der Waals surface area contributed by atoms with Crippen LogP contribution in [-0.2, 0) is 11.3 Å². The topological polar surface area (TPSA) is 67.7 Å². The zero-order valence-corrected chi connectivity index (χ0v) is 15.5. The van der Waals surface area contributed by atoms with E-state index >= 15 is 0 Å². The minimum Gasteiger partial charge on any atom is -0.497 e. The lowest BCUT2D eigenvalue weighted by Gasteiger charge is -2.15. The second kappa shape index (κ2) is 7.26. The van der Waals surface area contributed by atoms with Crippen molar-refractivity contribution in [2.24, 2.45) is 5.16 Å². The van der Waals surface area contributed by atoms with Crippen LogP contribution in [0.25, 0.3) is 0 Å². The van der Waals surface area contributed by atoms with Crippen LogP contribution in [0.3, 0.4) is 0 Å².